The Morgan fingerprint density at radius 2 is 0.522 bits per heavy atom. The average molecular weight is 1350 g/mol. The van der Waals surface area contributed by atoms with Crippen molar-refractivity contribution in [3.8, 4) is 0 Å². The van der Waals surface area contributed by atoms with Gasteiger partial charge in [0.05, 0.1) is 26.4 Å². The summed E-state index contributed by atoms with van der Waals surface area (Å²) in [5.74, 6) is 0.902. The number of phosphoric acid groups is 2. The monoisotopic (exact) mass is 1350 g/mol. The lowest BCUT2D eigenvalue weighted by atomic mass is 10.00. The van der Waals surface area contributed by atoms with E-state index in [1.807, 2.05) is 0 Å². The van der Waals surface area contributed by atoms with E-state index in [4.69, 9.17) is 37.0 Å². The lowest BCUT2D eigenvalue weighted by Gasteiger charge is -2.21. The van der Waals surface area contributed by atoms with Gasteiger partial charge in [0.2, 0.25) is 0 Å². The van der Waals surface area contributed by atoms with Gasteiger partial charge in [0.1, 0.15) is 19.3 Å². The van der Waals surface area contributed by atoms with Gasteiger partial charge in [-0.1, -0.05) is 312 Å². The first-order valence-corrected chi connectivity index (χ1v) is 40.8. The molecule has 0 radical (unpaired) electrons. The third-order valence-corrected chi connectivity index (χ3v) is 19.4. The standard InChI is InChI=1S/C73H142O17P2/c1-9-65(7)51-43-35-29-31-37-45-53-70(75)83-59-68(89-72(77)55-47-39-27-23-19-15-13-11-12-14-17-21-25-33-41-49-63(3)4)61-87-91(79,80)85-57-67(74)58-86-92(81,82)88-62-69(60-84-71(76)54-46-38-32-30-36-44-52-66(8)10-2)90-73(78)56-48-40-28-24-20-16-18-22-26-34-42-50-64(5)6/h63-69,74H,9-62H2,1-8H3,(H,79,80)(H,81,82)/t65?,66?,67-,68+,69+/m0/s1. The summed E-state index contributed by atoms with van der Waals surface area (Å²) in [4.78, 5) is 72.6. The van der Waals surface area contributed by atoms with Gasteiger partial charge in [0.25, 0.3) is 0 Å². The Morgan fingerprint density at radius 3 is 0.772 bits per heavy atom. The maximum atomic E-state index is 13.0. The zero-order valence-corrected chi connectivity index (χ0v) is 62.0. The average Bonchev–Trinajstić information content (AvgIpc) is 3.05. The Bertz CT molecular complexity index is 1820. The molecule has 0 aliphatic carbocycles. The van der Waals surface area contributed by atoms with Crippen LogP contribution >= 0.6 is 15.6 Å². The molecule has 4 unspecified atom stereocenters. The van der Waals surface area contributed by atoms with E-state index in [1.54, 1.807) is 0 Å². The van der Waals surface area contributed by atoms with E-state index < -0.39 is 97.5 Å². The van der Waals surface area contributed by atoms with Crippen LogP contribution in [0, 0.1) is 23.7 Å². The number of aliphatic hydroxyl groups is 1. The SMILES string of the molecule is CCC(C)CCCCCCCCC(=O)OC[C@H](COP(=O)(O)OC[C@H](O)COP(=O)(O)OC[C@@H](COC(=O)CCCCCCCCC(C)CC)OC(=O)CCCCCCCCCCCCCC(C)C)OC(=O)CCCCCCCCCCCCCCCCCC(C)C. The summed E-state index contributed by atoms with van der Waals surface area (Å²) in [7, 11) is -9.91. The van der Waals surface area contributed by atoms with Crippen LogP contribution in [0.4, 0.5) is 0 Å². The Kier molecular flexibility index (Phi) is 61.3. The van der Waals surface area contributed by atoms with Crippen LogP contribution in [-0.4, -0.2) is 96.7 Å². The van der Waals surface area contributed by atoms with E-state index in [1.165, 1.54) is 154 Å². The minimum Gasteiger partial charge on any atom is -0.462 e. The molecule has 0 spiro atoms. The Labute approximate surface area is 562 Å². The number of hydrogen-bond donors (Lipinski definition) is 3. The van der Waals surface area contributed by atoms with Crippen LogP contribution in [0.25, 0.3) is 0 Å². The molecule has 0 fully saturated rings. The normalized spacial score (nSPS) is 14.8. The van der Waals surface area contributed by atoms with Crippen molar-refractivity contribution in [3.63, 3.8) is 0 Å². The number of hydrogen-bond acceptors (Lipinski definition) is 15. The van der Waals surface area contributed by atoms with Crippen molar-refractivity contribution >= 4 is 39.5 Å². The number of ether oxygens (including phenoxy) is 4. The van der Waals surface area contributed by atoms with Gasteiger partial charge in [-0.2, -0.15) is 0 Å². The fourth-order valence-corrected chi connectivity index (χ4v) is 12.5. The van der Waals surface area contributed by atoms with Crippen LogP contribution in [0.2, 0.25) is 0 Å². The van der Waals surface area contributed by atoms with Gasteiger partial charge < -0.3 is 33.8 Å². The quantitative estimate of drug-likeness (QED) is 0.0222. The zero-order valence-electron chi connectivity index (χ0n) is 60.2. The topological polar surface area (TPSA) is 237 Å². The predicted molar refractivity (Wildman–Crippen MR) is 372 cm³/mol. The Balaban J connectivity index is 5.23. The molecular weight excluding hydrogens is 1210 g/mol. The van der Waals surface area contributed by atoms with Gasteiger partial charge in [-0.15, -0.1) is 0 Å². The summed E-state index contributed by atoms with van der Waals surface area (Å²) < 4.78 is 68.4. The summed E-state index contributed by atoms with van der Waals surface area (Å²) in [6, 6.07) is 0. The predicted octanol–water partition coefficient (Wildman–Crippen LogP) is 20.9. The van der Waals surface area contributed by atoms with Gasteiger partial charge in [-0.25, -0.2) is 9.13 Å². The van der Waals surface area contributed by atoms with Crippen molar-refractivity contribution in [3.05, 3.63) is 0 Å². The molecule has 0 aromatic heterocycles. The third kappa shape index (κ3) is 64.1. The van der Waals surface area contributed by atoms with E-state index in [9.17, 15) is 43.2 Å². The molecule has 0 aromatic rings. The largest absolute Gasteiger partial charge is 0.472 e. The van der Waals surface area contributed by atoms with E-state index in [-0.39, 0.29) is 25.7 Å². The van der Waals surface area contributed by atoms with Crippen molar-refractivity contribution in [2.75, 3.05) is 39.6 Å². The van der Waals surface area contributed by atoms with Gasteiger partial charge in [-0.3, -0.25) is 37.3 Å². The molecule has 17 nitrogen and oxygen atoms in total. The molecule has 92 heavy (non-hydrogen) atoms. The molecule has 0 rings (SSSR count). The first-order valence-electron chi connectivity index (χ1n) is 37.8. The van der Waals surface area contributed by atoms with Crippen LogP contribution in [0.15, 0.2) is 0 Å². The summed E-state index contributed by atoms with van der Waals surface area (Å²) in [6.07, 6.45) is 45.9. The van der Waals surface area contributed by atoms with Crippen LogP contribution in [0.5, 0.6) is 0 Å². The number of aliphatic hydroxyl groups excluding tert-OH is 1. The van der Waals surface area contributed by atoms with E-state index in [2.05, 4.69) is 55.4 Å². The second kappa shape index (κ2) is 62.6. The summed E-state index contributed by atoms with van der Waals surface area (Å²) >= 11 is 0. The fraction of sp³-hybridized carbons (Fsp3) is 0.945. The molecule has 0 aliphatic heterocycles. The van der Waals surface area contributed by atoms with Gasteiger partial charge in [-0.05, 0) is 49.4 Å². The number of unbranched alkanes of at least 4 members (excludes halogenated alkanes) is 34. The van der Waals surface area contributed by atoms with Crippen molar-refractivity contribution in [2.45, 2.75) is 382 Å². The molecule has 0 heterocycles. The Hall–Kier alpha value is -1.94. The fourth-order valence-electron chi connectivity index (χ4n) is 11.0. The van der Waals surface area contributed by atoms with Crippen LogP contribution in [0.3, 0.4) is 0 Å². The van der Waals surface area contributed by atoms with Crippen LogP contribution < -0.4 is 0 Å². The van der Waals surface area contributed by atoms with Gasteiger partial charge in [0.15, 0.2) is 12.2 Å². The highest BCUT2D eigenvalue weighted by Crippen LogP contribution is 2.45. The number of rotatable bonds is 70. The molecule has 546 valence electrons. The highest BCUT2D eigenvalue weighted by molar-refractivity contribution is 7.47. The van der Waals surface area contributed by atoms with Crippen molar-refractivity contribution in [2.24, 2.45) is 23.7 Å². The second-order valence-electron chi connectivity index (χ2n) is 27.8. The molecule has 19 heteroatoms. The molecule has 0 saturated heterocycles. The molecular formula is C73H142O17P2. The molecule has 0 aliphatic rings. The second-order valence-corrected chi connectivity index (χ2v) is 30.7. The first-order chi connectivity index (χ1) is 44.2. The van der Waals surface area contributed by atoms with Crippen LogP contribution in [-0.2, 0) is 65.4 Å². The number of carbonyl (C=O) groups excluding carboxylic acids is 4. The molecule has 3 N–H and O–H groups in total. The van der Waals surface area contributed by atoms with Crippen molar-refractivity contribution < 1.29 is 80.2 Å². The summed E-state index contributed by atoms with van der Waals surface area (Å²) in [5.41, 5.74) is 0. The number of esters is 4. The van der Waals surface area contributed by atoms with E-state index in [0.717, 1.165) is 126 Å². The van der Waals surface area contributed by atoms with Crippen molar-refractivity contribution in [1.29, 1.82) is 0 Å². The van der Waals surface area contributed by atoms with E-state index in [0.29, 0.717) is 25.7 Å². The maximum absolute atomic E-state index is 13.0. The summed E-state index contributed by atoms with van der Waals surface area (Å²) in [5, 5.41) is 10.6. The molecule has 7 atom stereocenters. The van der Waals surface area contributed by atoms with Crippen LogP contribution in [0.1, 0.15) is 364 Å². The minimum absolute atomic E-state index is 0.105. The molecule has 0 amide bonds. The lowest BCUT2D eigenvalue weighted by Crippen LogP contribution is -2.30. The highest BCUT2D eigenvalue weighted by atomic mass is 31.2. The van der Waals surface area contributed by atoms with Gasteiger partial charge >= 0.3 is 39.5 Å². The van der Waals surface area contributed by atoms with Gasteiger partial charge in [0, 0.05) is 25.7 Å². The highest BCUT2D eigenvalue weighted by Gasteiger charge is 2.30. The Morgan fingerprint density at radius 1 is 0.304 bits per heavy atom. The molecule has 0 aromatic carbocycles. The number of carbonyl (C=O) groups is 4. The maximum Gasteiger partial charge on any atom is 0.472 e. The van der Waals surface area contributed by atoms with Crippen molar-refractivity contribution in [1.82, 2.24) is 0 Å². The smallest absolute Gasteiger partial charge is 0.462 e. The lowest BCUT2D eigenvalue weighted by molar-refractivity contribution is -0.161. The molecule has 0 bridgehead atoms. The zero-order chi connectivity index (χ0) is 68.2. The van der Waals surface area contributed by atoms with E-state index >= 15 is 0 Å². The summed E-state index contributed by atoms with van der Waals surface area (Å²) in [6.45, 7) is 14.1. The third-order valence-electron chi connectivity index (χ3n) is 17.5. The number of phosphoric ester groups is 2. The molecule has 0 saturated carbocycles. The first kappa shape index (κ1) is 90.1. The minimum atomic E-state index is -4.95.